The molecular weight excluding hydrogens is 228 g/mol. The Balaban J connectivity index is 2.35. The number of aromatic amines is 1. The van der Waals surface area contributed by atoms with E-state index in [2.05, 4.69) is 44.5 Å². The van der Waals surface area contributed by atoms with Gasteiger partial charge in [-0.15, -0.1) is 0 Å². The largest absolute Gasteiger partial charge is 0.253 e. The lowest BCUT2D eigenvalue weighted by atomic mass is 9.71. The zero-order valence-corrected chi connectivity index (χ0v) is 11.6. The molecule has 0 aliphatic heterocycles. The molecule has 1 aromatic heterocycles. The van der Waals surface area contributed by atoms with Crippen molar-refractivity contribution in [1.29, 1.82) is 5.26 Å². The summed E-state index contributed by atoms with van der Waals surface area (Å²) in [6.45, 7) is 6.89. The maximum absolute atomic E-state index is 9.03. The number of nitrogens with one attached hydrogen (secondary N) is 1. The molecule has 90 valence electrons. The summed E-state index contributed by atoms with van der Waals surface area (Å²) in [5, 5.41) is 9.72. The topological polar surface area (TPSA) is 37.9 Å². The molecule has 2 rings (SSSR count). The third-order valence-corrected chi connectivity index (χ3v) is 4.14. The maximum Gasteiger partial charge on any atom is 0.253 e. The third kappa shape index (κ3) is 2.47. The van der Waals surface area contributed by atoms with Gasteiger partial charge in [0.1, 0.15) is 11.6 Å². The molecule has 1 aliphatic carbocycles. The molecule has 0 amide bonds. The quantitative estimate of drug-likeness (QED) is 0.703. The van der Waals surface area contributed by atoms with Crippen LogP contribution in [-0.2, 0) is 12.8 Å². The van der Waals surface area contributed by atoms with E-state index < -0.39 is 0 Å². The fourth-order valence-corrected chi connectivity index (χ4v) is 2.79. The van der Waals surface area contributed by atoms with Gasteiger partial charge >= 0.3 is 0 Å². The molecule has 2 nitrogen and oxygen atoms in total. The second-order valence-corrected chi connectivity index (χ2v) is 6.40. The Labute approximate surface area is 108 Å². The van der Waals surface area contributed by atoms with Gasteiger partial charge in [0.15, 0.2) is 5.69 Å². The Morgan fingerprint density at radius 3 is 2.76 bits per heavy atom. The molecular formula is C14H19N2S+. The van der Waals surface area contributed by atoms with E-state index in [0.717, 1.165) is 12.8 Å². The van der Waals surface area contributed by atoms with E-state index in [1.54, 1.807) is 0 Å². The Morgan fingerprint density at radius 2 is 2.18 bits per heavy atom. The number of aryl methyl sites for hydroxylation is 1. The van der Waals surface area contributed by atoms with E-state index in [1.165, 1.54) is 17.7 Å². The first kappa shape index (κ1) is 12.4. The summed E-state index contributed by atoms with van der Waals surface area (Å²) >= 11 is 4.31. The fourth-order valence-electron chi connectivity index (χ4n) is 2.54. The van der Waals surface area contributed by atoms with Gasteiger partial charge in [-0.1, -0.05) is 33.4 Å². The van der Waals surface area contributed by atoms with Crippen LogP contribution in [0, 0.1) is 22.7 Å². The normalized spacial score (nSPS) is 19.6. The Hall–Kier alpha value is -1.01. The van der Waals surface area contributed by atoms with Crippen LogP contribution in [0.15, 0.2) is 11.1 Å². The summed E-state index contributed by atoms with van der Waals surface area (Å²) in [4.78, 5) is 3.26. The fraction of sp³-hybridized carbons (Fsp3) is 0.571. The second kappa shape index (κ2) is 4.34. The van der Waals surface area contributed by atoms with Crippen LogP contribution in [0.3, 0.4) is 0 Å². The molecule has 0 aromatic carbocycles. The molecule has 0 spiro atoms. The lowest BCUT2D eigenvalue weighted by molar-refractivity contribution is -0.439. The first-order valence-corrected chi connectivity index (χ1v) is 6.53. The summed E-state index contributed by atoms with van der Waals surface area (Å²) < 4.78 is 0. The molecule has 3 heteroatoms. The number of aromatic nitrogens is 1. The van der Waals surface area contributed by atoms with Crippen LogP contribution < -0.4 is 4.98 Å². The highest BCUT2D eigenvalue weighted by Crippen LogP contribution is 2.36. The van der Waals surface area contributed by atoms with Gasteiger partial charge in [-0.2, -0.15) is 5.26 Å². The van der Waals surface area contributed by atoms with Crippen LogP contribution >= 0.6 is 12.6 Å². The molecule has 1 heterocycles. The minimum atomic E-state index is 0.337. The van der Waals surface area contributed by atoms with Crippen LogP contribution in [0.2, 0.25) is 0 Å². The number of pyridine rings is 1. The van der Waals surface area contributed by atoms with Gasteiger partial charge in [0.2, 0.25) is 0 Å². The van der Waals surface area contributed by atoms with E-state index in [4.69, 9.17) is 5.26 Å². The number of nitrogens with zero attached hydrogens (tertiary/aromatic N) is 1. The summed E-state index contributed by atoms with van der Waals surface area (Å²) in [5.74, 6) is 0.695. The standard InChI is InChI=1S/C14H18N2S/c1-14(2,3)11-4-5-12-9(7-11)6-10(8-15)13(17)16-12/h6,11H,4-5,7H2,1-3H3,(H,16,17)/p+1. The molecule has 1 unspecified atom stereocenters. The van der Waals surface area contributed by atoms with Crippen LogP contribution in [0.1, 0.15) is 44.0 Å². The first-order valence-electron chi connectivity index (χ1n) is 6.09. The minimum Gasteiger partial charge on any atom is -0.202 e. The highest BCUT2D eigenvalue weighted by molar-refractivity contribution is 7.80. The van der Waals surface area contributed by atoms with Crippen molar-refractivity contribution >= 4 is 12.6 Å². The van der Waals surface area contributed by atoms with E-state index >= 15 is 0 Å². The van der Waals surface area contributed by atoms with Crippen LogP contribution in [0.5, 0.6) is 0 Å². The number of fused-ring (bicyclic) bond motifs is 1. The summed E-state index contributed by atoms with van der Waals surface area (Å²) in [5.41, 5.74) is 3.55. The molecule has 0 saturated carbocycles. The SMILES string of the molecule is CC(C)(C)C1CCc2[nH+]c(S)c(C#N)cc2C1. The van der Waals surface area contributed by atoms with Gasteiger partial charge in [-0.3, -0.25) is 0 Å². The van der Waals surface area contributed by atoms with Gasteiger partial charge in [0, 0.05) is 12.0 Å². The maximum atomic E-state index is 9.03. The predicted molar refractivity (Wildman–Crippen MR) is 69.9 cm³/mol. The van der Waals surface area contributed by atoms with Crippen LogP contribution in [-0.4, -0.2) is 0 Å². The third-order valence-electron chi connectivity index (χ3n) is 3.78. The van der Waals surface area contributed by atoms with E-state index in [9.17, 15) is 0 Å². The Bertz CT molecular complexity index is 480. The minimum absolute atomic E-state index is 0.337. The van der Waals surface area contributed by atoms with Crippen molar-refractivity contribution in [2.75, 3.05) is 0 Å². The molecule has 1 aliphatic rings. The van der Waals surface area contributed by atoms with Crippen molar-refractivity contribution in [2.45, 2.75) is 45.1 Å². The van der Waals surface area contributed by atoms with Crippen LogP contribution in [0.25, 0.3) is 0 Å². The Kier molecular flexibility index (Phi) is 3.18. The van der Waals surface area contributed by atoms with Crippen molar-refractivity contribution in [3.8, 4) is 6.07 Å². The average molecular weight is 247 g/mol. The average Bonchev–Trinajstić information content (AvgIpc) is 2.26. The summed E-state index contributed by atoms with van der Waals surface area (Å²) in [7, 11) is 0. The monoisotopic (exact) mass is 247 g/mol. The molecule has 0 radical (unpaired) electrons. The molecule has 17 heavy (non-hydrogen) atoms. The molecule has 1 aromatic rings. The Morgan fingerprint density at radius 1 is 1.47 bits per heavy atom. The molecule has 0 fully saturated rings. The van der Waals surface area contributed by atoms with Crippen LogP contribution in [0.4, 0.5) is 0 Å². The molecule has 0 bridgehead atoms. The number of rotatable bonds is 0. The molecule has 1 N–H and O–H groups in total. The van der Waals surface area contributed by atoms with Gasteiger partial charge in [-0.05, 0) is 30.2 Å². The highest BCUT2D eigenvalue weighted by Gasteiger charge is 2.31. The number of hydrogen-bond acceptors (Lipinski definition) is 2. The van der Waals surface area contributed by atoms with Crippen molar-refractivity contribution in [3.63, 3.8) is 0 Å². The van der Waals surface area contributed by atoms with Crippen molar-refractivity contribution in [2.24, 2.45) is 11.3 Å². The van der Waals surface area contributed by atoms with E-state index in [0.29, 0.717) is 21.9 Å². The highest BCUT2D eigenvalue weighted by atomic mass is 32.1. The lowest BCUT2D eigenvalue weighted by Crippen LogP contribution is -2.31. The molecule has 0 saturated heterocycles. The van der Waals surface area contributed by atoms with Crippen molar-refractivity contribution in [3.05, 3.63) is 22.9 Å². The predicted octanol–water partition coefficient (Wildman–Crippen LogP) is 2.81. The van der Waals surface area contributed by atoms with E-state index in [-0.39, 0.29) is 0 Å². The van der Waals surface area contributed by atoms with Gasteiger partial charge in [-0.25, -0.2) is 4.98 Å². The summed E-state index contributed by atoms with van der Waals surface area (Å²) in [6.07, 6.45) is 3.35. The van der Waals surface area contributed by atoms with Gasteiger partial charge < -0.3 is 0 Å². The van der Waals surface area contributed by atoms with Gasteiger partial charge in [0.25, 0.3) is 5.03 Å². The summed E-state index contributed by atoms with van der Waals surface area (Å²) in [6, 6.07) is 4.20. The van der Waals surface area contributed by atoms with E-state index in [1.807, 2.05) is 6.07 Å². The zero-order valence-electron chi connectivity index (χ0n) is 10.7. The lowest BCUT2D eigenvalue weighted by Gasteiger charge is -2.33. The zero-order chi connectivity index (χ0) is 12.6. The first-order chi connectivity index (χ1) is 7.91. The second-order valence-electron chi connectivity index (χ2n) is 5.95. The van der Waals surface area contributed by atoms with Gasteiger partial charge in [0.05, 0.1) is 0 Å². The number of hydrogen-bond donors (Lipinski definition) is 1. The number of nitriles is 1. The number of H-pyrrole nitrogens is 1. The van der Waals surface area contributed by atoms with Crippen molar-refractivity contribution in [1.82, 2.24) is 0 Å². The number of thiol groups is 1. The smallest absolute Gasteiger partial charge is 0.202 e. The van der Waals surface area contributed by atoms with Crippen molar-refractivity contribution < 1.29 is 4.98 Å². The molecule has 1 atom stereocenters.